The summed E-state index contributed by atoms with van der Waals surface area (Å²) in [5.41, 5.74) is 0.275. The van der Waals surface area contributed by atoms with Gasteiger partial charge >= 0.3 is 6.09 Å². The number of hydrogen-bond acceptors (Lipinski definition) is 8. The molecule has 3 rings (SSSR count). The van der Waals surface area contributed by atoms with E-state index in [2.05, 4.69) is 30.9 Å². The number of anilines is 2. The number of nitrogens with zero attached hydrogens (tertiary/aromatic N) is 3. The van der Waals surface area contributed by atoms with Crippen LogP contribution in [0.25, 0.3) is 0 Å². The average Bonchev–Trinajstić information content (AvgIpc) is 3.28. The maximum absolute atomic E-state index is 15.4. The average molecular weight is 601 g/mol. The maximum atomic E-state index is 15.4. The first-order chi connectivity index (χ1) is 17.2. The Bertz CT molecular complexity index is 1380. The molecule has 0 bridgehead atoms. The molecular formula is C24H27BrF2N4O5S. The van der Waals surface area contributed by atoms with E-state index in [9.17, 15) is 17.6 Å². The molecule has 2 aromatic carbocycles. The Labute approximate surface area is 222 Å². The molecule has 0 aliphatic rings. The van der Waals surface area contributed by atoms with Crippen molar-refractivity contribution >= 4 is 43.6 Å². The van der Waals surface area contributed by atoms with Crippen LogP contribution in [0.1, 0.15) is 31.9 Å². The molecule has 0 atom stereocenters. The number of carbonyl (C=O) groups is 1. The predicted molar refractivity (Wildman–Crippen MR) is 138 cm³/mol. The van der Waals surface area contributed by atoms with Crippen LogP contribution >= 0.6 is 15.9 Å². The van der Waals surface area contributed by atoms with Crippen molar-refractivity contribution in [3.63, 3.8) is 0 Å². The number of aromatic nitrogens is 1. The van der Waals surface area contributed by atoms with E-state index in [1.165, 1.54) is 12.1 Å². The normalized spacial score (nSPS) is 12.0. The molecule has 1 heterocycles. The van der Waals surface area contributed by atoms with Crippen LogP contribution in [0.5, 0.6) is 0 Å². The summed E-state index contributed by atoms with van der Waals surface area (Å²) in [4.78, 5) is 13.9. The van der Waals surface area contributed by atoms with Gasteiger partial charge in [0.15, 0.2) is 11.6 Å². The Balaban J connectivity index is 1.95. The Morgan fingerprint density at radius 2 is 1.86 bits per heavy atom. The number of nitrogens with one attached hydrogen (secondary N) is 1. The van der Waals surface area contributed by atoms with E-state index in [1.807, 2.05) is 19.0 Å². The van der Waals surface area contributed by atoms with Crippen LogP contribution in [0.4, 0.5) is 25.1 Å². The van der Waals surface area contributed by atoms with E-state index in [4.69, 9.17) is 4.74 Å². The number of amides is 1. The molecule has 0 radical (unpaired) electrons. The van der Waals surface area contributed by atoms with Crippen LogP contribution in [-0.2, 0) is 27.8 Å². The third kappa shape index (κ3) is 6.65. The number of hydrogen-bond donors (Lipinski definition) is 1. The lowest BCUT2D eigenvalue weighted by molar-refractivity contribution is 0.0607. The first kappa shape index (κ1) is 28.5. The number of carbonyl (C=O) groups excluding carboxylic acids is 1. The van der Waals surface area contributed by atoms with Crippen molar-refractivity contribution in [2.45, 2.75) is 44.4 Å². The van der Waals surface area contributed by atoms with Crippen molar-refractivity contribution in [1.29, 1.82) is 0 Å². The molecule has 0 unspecified atom stereocenters. The lowest BCUT2D eigenvalue weighted by Gasteiger charge is -2.25. The maximum Gasteiger partial charge on any atom is 0.430 e. The van der Waals surface area contributed by atoms with Gasteiger partial charge in [0.05, 0.1) is 10.2 Å². The fourth-order valence-corrected chi connectivity index (χ4v) is 5.33. The molecule has 200 valence electrons. The highest BCUT2D eigenvalue weighted by atomic mass is 79.9. The summed E-state index contributed by atoms with van der Waals surface area (Å²) in [6.45, 7) is 5.16. The third-order valence-corrected chi connectivity index (χ3v) is 7.38. The van der Waals surface area contributed by atoms with Gasteiger partial charge < -0.3 is 19.5 Å². The van der Waals surface area contributed by atoms with Crippen LogP contribution in [0, 0.1) is 11.6 Å². The summed E-state index contributed by atoms with van der Waals surface area (Å²) in [5.74, 6) is -1.99. The van der Waals surface area contributed by atoms with E-state index >= 15 is 4.39 Å². The second kappa shape index (κ2) is 11.2. The summed E-state index contributed by atoms with van der Waals surface area (Å²) in [5, 5.41) is 6.46. The highest BCUT2D eigenvalue weighted by molar-refractivity contribution is 9.10. The van der Waals surface area contributed by atoms with Crippen molar-refractivity contribution in [3.8, 4) is 0 Å². The number of ether oxygens (including phenoxy) is 1. The van der Waals surface area contributed by atoms with Crippen molar-refractivity contribution in [3.05, 3.63) is 69.9 Å². The van der Waals surface area contributed by atoms with Crippen molar-refractivity contribution < 1.29 is 31.3 Å². The Morgan fingerprint density at radius 3 is 2.46 bits per heavy atom. The molecule has 1 amide bonds. The van der Waals surface area contributed by atoms with Crippen molar-refractivity contribution in [2.75, 3.05) is 23.7 Å². The standard InChI is InChI=1S/C24H27BrF2N4O5S/c1-24(2,3)36-23(32)31(20-11-12-35-29-20)37(33,34)19-10-9-18(21(25)22(19)27)28-13-16-15(14-30(4)5)7-6-8-17(16)26/h6-12,28H,13-14H2,1-5H3. The van der Waals surface area contributed by atoms with Gasteiger partial charge in [0.2, 0.25) is 0 Å². The quantitative estimate of drug-likeness (QED) is 0.360. The molecule has 0 saturated carbocycles. The molecule has 0 aliphatic heterocycles. The van der Waals surface area contributed by atoms with Crippen LogP contribution in [-0.4, -0.2) is 44.3 Å². The van der Waals surface area contributed by atoms with Gasteiger partial charge in [0, 0.05) is 24.7 Å². The van der Waals surface area contributed by atoms with E-state index < -0.39 is 44.1 Å². The Kier molecular flexibility index (Phi) is 8.60. The number of rotatable bonds is 8. The van der Waals surface area contributed by atoms with Gasteiger partial charge in [-0.05, 0) is 74.6 Å². The van der Waals surface area contributed by atoms with E-state index in [0.717, 1.165) is 24.0 Å². The van der Waals surface area contributed by atoms with E-state index in [0.29, 0.717) is 12.1 Å². The summed E-state index contributed by atoms with van der Waals surface area (Å²) in [6.07, 6.45) is -0.221. The number of sulfonamides is 1. The molecule has 0 spiro atoms. The predicted octanol–water partition coefficient (Wildman–Crippen LogP) is 5.52. The first-order valence-corrected chi connectivity index (χ1v) is 13.3. The van der Waals surface area contributed by atoms with Crippen LogP contribution in [0.15, 0.2) is 56.6 Å². The van der Waals surface area contributed by atoms with Crippen molar-refractivity contribution in [1.82, 2.24) is 10.1 Å². The zero-order valence-electron chi connectivity index (χ0n) is 20.9. The van der Waals surface area contributed by atoms with Gasteiger partial charge in [-0.2, -0.15) is 0 Å². The van der Waals surface area contributed by atoms with Gasteiger partial charge in [-0.3, -0.25) is 0 Å². The smallest absolute Gasteiger partial charge is 0.430 e. The lowest BCUT2D eigenvalue weighted by Crippen LogP contribution is -2.41. The monoisotopic (exact) mass is 600 g/mol. The molecule has 37 heavy (non-hydrogen) atoms. The largest absolute Gasteiger partial charge is 0.443 e. The van der Waals surface area contributed by atoms with E-state index in [1.54, 1.807) is 32.9 Å². The van der Waals surface area contributed by atoms with E-state index in [-0.39, 0.29) is 21.0 Å². The summed E-state index contributed by atoms with van der Waals surface area (Å²) < 4.78 is 66.7. The molecule has 3 aromatic rings. The fraction of sp³-hybridized carbons (Fsp3) is 0.333. The minimum absolute atomic E-state index is 0.0168. The third-order valence-electron chi connectivity index (χ3n) is 4.91. The molecule has 13 heteroatoms. The summed E-state index contributed by atoms with van der Waals surface area (Å²) >= 11 is 3.09. The highest BCUT2D eigenvalue weighted by Gasteiger charge is 2.38. The molecule has 1 aromatic heterocycles. The molecule has 0 saturated heterocycles. The van der Waals surface area contributed by atoms with Crippen LogP contribution in [0.3, 0.4) is 0 Å². The summed E-state index contributed by atoms with van der Waals surface area (Å²) in [6, 6.07) is 8.17. The van der Waals surface area contributed by atoms with Gasteiger partial charge in [0.1, 0.15) is 22.6 Å². The lowest BCUT2D eigenvalue weighted by atomic mass is 10.1. The Hall–Kier alpha value is -3.03. The number of halogens is 3. The van der Waals surface area contributed by atoms with Gasteiger partial charge in [-0.15, -0.1) is 4.31 Å². The number of benzene rings is 2. The molecule has 9 nitrogen and oxygen atoms in total. The zero-order chi connectivity index (χ0) is 27.5. The molecule has 1 N–H and O–H groups in total. The fourth-order valence-electron chi connectivity index (χ4n) is 3.37. The molecular weight excluding hydrogens is 574 g/mol. The SMILES string of the molecule is CN(C)Cc1cccc(F)c1CNc1ccc(S(=O)(=O)N(C(=O)OC(C)(C)C)c2ccon2)c(F)c1Br. The topological polar surface area (TPSA) is 105 Å². The molecule has 0 aliphatic carbocycles. The highest BCUT2D eigenvalue weighted by Crippen LogP contribution is 2.34. The zero-order valence-corrected chi connectivity index (χ0v) is 23.3. The summed E-state index contributed by atoms with van der Waals surface area (Å²) in [7, 11) is -1.11. The van der Waals surface area contributed by atoms with Crippen molar-refractivity contribution in [2.24, 2.45) is 0 Å². The van der Waals surface area contributed by atoms with Gasteiger partial charge in [0.25, 0.3) is 10.0 Å². The minimum atomic E-state index is -4.82. The Morgan fingerprint density at radius 1 is 1.16 bits per heavy atom. The molecule has 0 fully saturated rings. The minimum Gasteiger partial charge on any atom is -0.443 e. The first-order valence-electron chi connectivity index (χ1n) is 11.0. The second-order valence-corrected chi connectivity index (χ2v) is 11.9. The van der Waals surface area contributed by atoms with Crippen LogP contribution in [0.2, 0.25) is 0 Å². The van der Waals surface area contributed by atoms with Crippen LogP contribution < -0.4 is 9.62 Å². The van der Waals surface area contributed by atoms with Gasteiger partial charge in [-0.25, -0.2) is 22.0 Å². The van der Waals surface area contributed by atoms with Gasteiger partial charge in [-0.1, -0.05) is 17.3 Å². The second-order valence-electron chi connectivity index (χ2n) is 9.32.